The van der Waals surface area contributed by atoms with E-state index in [1.54, 1.807) is 18.2 Å². The van der Waals surface area contributed by atoms with Crippen molar-refractivity contribution in [3.8, 4) is 17.2 Å². The summed E-state index contributed by atoms with van der Waals surface area (Å²) in [4.78, 5) is 19.1. The lowest BCUT2D eigenvalue weighted by molar-refractivity contribution is -0.384. The van der Waals surface area contributed by atoms with Crippen molar-refractivity contribution in [2.45, 2.75) is 0 Å². The van der Waals surface area contributed by atoms with Gasteiger partial charge in [-0.2, -0.15) is 0 Å². The number of phenols is 1. The molecule has 0 aliphatic heterocycles. The highest BCUT2D eigenvalue weighted by Gasteiger charge is 2.10. The minimum Gasteiger partial charge on any atom is -0.507 e. The van der Waals surface area contributed by atoms with Gasteiger partial charge in [0, 0.05) is 40.0 Å². The van der Waals surface area contributed by atoms with Crippen LogP contribution in [0.3, 0.4) is 0 Å². The van der Waals surface area contributed by atoms with Crippen molar-refractivity contribution in [3.05, 3.63) is 80.8 Å². The van der Waals surface area contributed by atoms with Crippen LogP contribution in [0.15, 0.2) is 74.5 Å². The van der Waals surface area contributed by atoms with Crippen molar-refractivity contribution in [1.29, 1.82) is 0 Å². The Hall–Kier alpha value is -3.52. The average Bonchev–Trinajstić information content (AvgIpc) is 3.10. The number of phenolic OH excluding ortho intramolecular Hbond substituents is 1. The first-order valence-corrected chi connectivity index (χ1v) is 8.97. The van der Waals surface area contributed by atoms with Gasteiger partial charge in [0.15, 0.2) is 5.58 Å². The Kier molecular flexibility index (Phi) is 4.62. The van der Waals surface area contributed by atoms with Crippen molar-refractivity contribution in [2.75, 3.05) is 0 Å². The van der Waals surface area contributed by atoms with E-state index in [2.05, 4.69) is 25.9 Å². The third kappa shape index (κ3) is 3.63. The number of aromatic hydroxyl groups is 1. The van der Waals surface area contributed by atoms with Crippen LogP contribution in [0.2, 0.25) is 0 Å². The Morgan fingerprint density at radius 1 is 1.14 bits per heavy atom. The molecule has 0 spiro atoms. The predicted octanol–water partition coefficient (Wildman–Crippen LogP) is 5.62. The number of halogens is 1. The van der Waals surface area contributed by atoms with Crippen molar-refractivity contribution >= 4 is 44.6 Å². The van der Waals surface area contributed by atoms with Gasteiger partial charge >= 0.3 is 0 Å². The highest BCUT2D eigenvalue weighted by molar-refractivity contribution is 9.10. The SMILES string of the molecule is O=[N+]([O-])c1ccc(O)c(C=Nc2ccc3nc(-c4cccc(Br)c4)oc3c2)c1. The zero-order valence-corrected chi connectivity index (χ0v) is 15.8. The molecular weight excluding hydrogens is 426 g/mol. The van der Waals surface area contributed by atoms with E-state index in [1.807, 2.05) is 24.3 Å². The largest absolute Gasteiger partial charge is 0.507 e. The molecule has 138 valence electrons. The molecule has 0 atom stereocenters. The third-order valence-corrected chi connectivity index (χ3v) is 4.51. The van der Waals surface area contributed by atoms with Gasteiger partial charge in [0.1, 0.15) is 11.3 Å². The Morgan fingerprint density at radius 3 is 2.79 bits per heavy atom. The van der Waals surface area contributed by atoms with Crippen molar-refractivity contribution in [1.82, 2.24) is 4.98 Å². The van der Waals surface area contributed by atoms with E-state index in [1.165, 1.54) is 24.4 Å². The molecule has 3 aromatic carbocycles. The van der Waals surface area contributed by atoms with Gasteiger partial charge < -0.3 is 9.52 Å². The number of non-ortho nitro benzene ring substituents is 1. The number of hydrogen-bond acceptors (Lipinski definition) is 6. The van der Waals surface area contributed by atoms with Gasteiger partial charge in [-0.05, 0) is 36.4 Å². The standard InChI is InChI=1S/C20H12BrN3O4/c21-14-3-1-2-12(8-14)20-23-17-6-4-15(10-19(17)28-20)22-11-13-9-16(24(26)27)5-7-18(13)25/h1-11,25H. The van der Waals surface area contributed by atoms with E-state index < -0.39 is 4.92 Å². The van der Waals surface area contributed by atoms with Gasteiger partial charge in [-0.25, -0.2) is 4.98 Å². The first-order chi connectivity index (χ1) is 13.5. The minimum atomic E-state index is -0.527. The van der Waals surface area contributed by atoms with Crippen LogP contribution in [0.5, 0.6) is 5.75 Å². The molecule has 0 amide bonds. The Labute approximate surface area is 167 Å². The second-order valence-corrected chi connectivity index (χ2v) is 6.86. The number of benzene rings is 3. The maximum atomic E-state index is 10.9. The number of nitrogens with zero attached hydrogens (tertiary/aromatic N) is 3. The summed E-state index contributed by atoms with van der Waals surface area (Å²) in [5.74, 6) is 0.404. The molecule has 0 aliphatic carbocycles. The number of hydrogen-bond donors (Lipinski definition) is 1. The molecule has 1 aromatic heterocycles. The molecule has 0 bridgehead atoms. The second-order valence-electron chi connectivity index (χ2n) is 5.94. The van der Waals surface area contributed by atoms with Gasteiger partial charge in [0.2, 0.25) is 5.89 Å². The number of aliphatic imine (C=N–C) groups is 1. The fraction of sp³-hybridized carbons (Fsp3) is 0. The molecule has 0 radical (unpaired) electrons. The fourth-order valence-electron chi connectivity index (χ4n) is 2.64. The van der Waals surface area contributed by atoms with Crippen LogP contribution in [0.1, 0.15) is 5.56 Å². The number of fused-ring (bicyclic) bond motifs is 1. The van der Waals surface area contributed by atoms with Crippen LogP contribution in [0.25, 0.3) is 22.6 Å². The van der Waals surface area contributed by atoms with Gasteiger partial charge in [-0.3, -0.25) is 15.1 Å². The van der Waals surface area contributed by atoms with Gasteiger partial charge in [-0.15, -0.1) is 0 Å². The minimum absolute atomic E-state index is 0.0907. The summed E-state index contributed by atoms with van der Waals surface area (Å²) in [7, 11) is 0. The van der Waals surface area contributed by atoms with E-state index in [4.69, 9.17) is 4.42 Å². The van der Waals surface area contributed by atoms with Gasteiger partial charge in [0.25, 0.3) is 5.69 Å². The molecule has 4 aromatic rings. The van der Waals surface area contributed by atoms with Crippen LogP contribution < -0.4 is 0 Å². The lowest BCUT2D eigenvalue weighted by Gasteiger charge is -1.99. The number of aromatic nitrogens is 1. The summed E-state index contributed by atoms with van der Waals surface area (Å²) in [6.07, 6.45) is 1.37. The van der Waals surface area contributed by atoms with Crippen molar-refractivity contribution in [3.63, 3.8) is 0 Å². The van der Waals surface area contributed by atoms with E-state index in [0.717, 1.165) is 10.0 Å². The Balaban J connectivity index is 1.66. The summed E-state index contributed by atoms with van der Waals surface area (Å²) < 4.78 is 6.76. The number of rotatable bonds is 4. The summed E-state index contributed by atoms with van der Waals surface area (Å²) in [5.41, 5.74) is 2.79. The number of nitro benzene ring substituents is 1. The maximum Gasteiger partial charge on any atom is 0.270 e. The van der Waals surface area contributed by atoms with Crippen LogP contribution in [-0.2, 0) is 0 Å². The van der Waals surface area contributed by atoms with Crippen LogP contribution in [0.4, 0.5) is 11.4 Å². The summed E-state index contributed by atoms with van der Waals surface area (Å²) in [6, 6.07) is 16.6. The average molecular weight is 438 g/mol. The van der Waals surface area contributed by atoms with Crippen LogP contribution in [-0.4, -0.2) is 21.2 Å². The van der Waals surface area contributed by atoms with Gasteiger partial charge in [-0.1, -0.05) is 22.0 Å². The number of oxazole rings is 1. The van der Waals surface area contributed by atoms with Crippen molar-refractivity contribution < 1.29 is 14.4 Å². The molecule has 7 nitrogen and oxygen atoms in total. The summed E-state index contributed by atoms with van der Waals surface area (Å²) in [6.45, 7) is 0. The van der Waals surface area contributed by atoms with E-state index in [-0.39, 0.29) is 17.0 Å². The summed E-state index contributed by atoms with van der Waals surface area (Å²) >= 11 is 3.43. The quantitative estimate of drug-likeness (QED) is 0.253. The molecule has 0 saturated carbocycles. The molecule has 8 heteroatoms. The highest BCUT2D eigenvalue weighted by atomic mass is 79.9. The first-order valence-electron chi connectivity index (χ1n) is 8.17. The molecule has 1 N–H and O–H groups in total. The fourth-order valence-corrected chi connectivity index (χ4v) is 3.04. The Bertz CT molecular complexity index is 1230. The number of nitro groups is 1. The van der Waals surface area contributed by atoms with E-state index >= 15 is 0 Å². The zero-order chi connectivity index (χ0) is 19.7. The molecule has 1 heterocycles. The first kappa shape index (κ1) is 17.9. The van der Waals surface area contributed by atoms with E-state index in [0.29, 0.717) is 22.7 Å². The predicted molar refractivity (Wildman–Crippen MR) is 109 cm³/mol. The third-order valence-electron chi connectivity index (χ3n) is 4.02. The smallest absolute Gasteiger partial charge is 0.270 e. The molecule has 0 saturated heterocycles. The maximum absolute atomic E-state index is 10.9. The molecule has 28 heavy (non-hydrogen) atoms. The molecule has 0 fully saturated rings. The van der Waals surface area contributed by atoms with Crippen LogP contribution in [0, 0.1) is 10.1 Å². The highest BCUT2D eigenvalue weighted by Crippen LogP contribution is 2.29. The zero-order valence-electron chi connectivity index (χ0n) is 14.2. The lowest BCUT2D eigenvalue weighted by Crippen LogP contribution is -1.90. The molecule has 0 unspecified atom stereocenters. The lowest BCUT2D eigenvalue weighted by atomic mass is 10.2. The summed E-state index contributed by atoms with van der Waals surface area (Å²) in [5, 5.41) is 20.8. The topological polar surface area (TPSA) is 102 Å². The molecule has 0 aliphatic rings. The molecular formula is C20H12BrN3O4. The van der Waals surface area contributed by atoms with Crippen LogP contribution >= 0.6 is 15.9 Å². The second kappa shape index (κ2) is 7.24. The monoisotopic (exact) mass is 437 g/mol. The Morgan fingerprint density at radius 2 is 2.00 bits per heavy atom. The normalized spacial score (nSPS) is 11.3. The van der Waals surface area contributed by atoms with Crippen molar-refractivity contribution in [2.24, 2.45) is 4.99 Å². The van der Waals surface area contributed by atoms with E-state index in [9.17, 15) is 15.2 Å². The molecule has 4 rings (SSSR count). The van der Waals surface area contributed by atoms with Gasteiger partial charge in [0.05, 0.1) is 10.6 Å².